The van der Waals surface area contributed by atoms with Crippen molar-refractivity contribution < 1.29 is 14.1 Å². The van der Waals surface area contributed by atoms with E-state index < -0.39 is 16.2 Å². The number of rotatable bonds is 5. The Labute approximate surface area is 120 Å². The molecular weight excluding hydrogens is 289 g/mol. The molecule has 2 N–H and O–H groups in total. The van der Waals surface area contributed by atoms with Crippen molar-refractivity contribution in [3.8, 4) is 0 Å². The monoisotopic (exact) mass is 303 g/mol. The maximum absolute atomic E-state index is 13.4. The molecule has 0 atom stereocenters. The normalized spacial score (nSPS) is 11.1. The molecule has 1 aromatic carbocycles. The number of carbonyl (C=O) groups excluding carboxylic acids is 1. The Morgan fingerprint density at radius 1 is 1.50 bits per heavy atom. The molecule has 0 spiro atoms. The van der Waals surface area contributed by atoms with Crippen LogP contribution in [0, 0.1) is 21.3 Å². The van der Waals surface area contributed by atoms with Gasteiger partial charge in [0, 0.05) is 25.7 Å². The number of hydrogen-bond donors (Lipinski definition) is 2. The highest BCUT2D eigenvalue weighted by molar-refractivity contribution is 6.31. The summed E-state index contributed by atoms with van der Waals surface area (Å²) in [7, 11) is 1.49. The van der Waals surface area contributed by atoms with Gasteiger partial charge in [0.2, 0.25) is 5.91 Å². The van der Waals surface area contributed by atoms with Gasteiger partial charge in [-0.25, -0.2) is 4.39 Å². The molecule has 1 aromatic rings. The number of hydrogen-bond acceptors (Lipinski definition) is 4. The number of amides is 1. The first kappa shape index (κ1) is 16.2. The van der Waals surface area contributed by atoms with Crippen LogP contribution in [0.5, 0.6) is 0 Å². The van der Waals surface area contributed by atoms with Crippen molar-refractivity contribution in [3.63, 3.8) is 0 Å². The Kier molecular flexibility index (Phi) is 4.88. The molecule has 0 heterocycles. The molecule has 20 heavy (non-hydrogen) atoms. The number of nitro groups is 1. The second-order valence-corrected chi connectivity index (χ2v) is 5.26. The standard InChI is InChI=1S/C12H15ClFN3O3/c1-12(2,11(18)15-3)6-16-9-5-8(14)7(13)4-10(9)17(19)20/h4-5,16H,6H2,1-3H3,(H,15,18). The summed E-state index contributed by atoms with van der Waals surface area (Å²) in [5, 5.41) is 15.8. The fourth-order valence-electron chi connectivity index (χ4n) is 1.56. The topological polar surface area (TPSA) is 84.3 Å². The second-order valence-electron chi connectivity index (χ2n) is 4.86. The zero-order chi connectivity index (χ0) is 15.5. The van der Waals surface area contributed by atoms with Gasteiger partial charge in [0.05, 0.1) is 15.4 Å². The number of nitrogens with zero attached hydrogens (tertiary/aromatic N) is 1. The highest BCUT2D eigenvalue weighted by atomic mass is 35.5. The van der Waals surface area contributed by atoms with Gasteiger partial charge in [-0.3, -0.25) is 14.9 Å². The summed E-state index contributed by atoms with van der Waals surface area (Å²) in [4.78, 5) is 21.9. The molecule has 0 bridgehead atoms. The highest BCUT2D eigenvalue weighted by Crippen LogP contribution is 2.31. The lowest BCUT2D eigenvalue weighted by Gasteiger charge is -2.23. The molecule has 0 fully saturated rings. The van der Waals surface area contributed by atoms with Crippen molar-refractivity contribution in [1.29, 1.82) is 0 Å². The van der Waals surface area contributed by atoms with Gasteiger partial charge in [0.1, 0.15) is 11.5 Å². The van der Waals surface area contributed by atoms with Crippen LogP contribution in [0.2, 0.25) is 5.02 Å². The molecule has 0 saturated carbocycles. The van der Waals surface area contributed by atoms with Crippen molar-refractivity contribution in [1.82, 2.24) is 5.32 Å². The largest absolute Gasteiger partial charge is 0.378 e. The Hall–Kier alpha value is -1.89. The number of halogens is 2. The number of nitro benzene ring substituents is 1. The van der Waals surface area contributed by atoms with Crippen molar-refractivity contribution in [2.24, 2.45) is 5.41 Å². The summed E-state index contributed by atoms with van der Waals surface area (Å²) in [6, 6.07) is 1.88. The molecule has 1 amide bonds. The van der Waals surface area contributed by atoms with Gasteiger partial charge in [-0.15, -0.1) is 0 Å². The van der Waals surface area contributed by atoms with Crippen LogP contribution in [0.1, 0.15) is 13.8 Å². The minimum absolute atomic E-state index is 0.0196. The summed E-state index contributed by atoms with van der Waals surface area (Å²) in [6.07, 6.45) is 0. The van der Waals surface area contributed by atoms with Gasteiger partial charge in [0.15, 0.2) is 0 Å². The molecule has 110 valence electrons. The Balaban J connectivity index is 3.01. The Bertz CT molecular complexity index is 549. The summed E-state index contributed by atoms with van der Waals surface area (Å²) >= 11 is 5.52. The van der Waals surface area contributed by atoms with E-state index in [-0.39, 0.29) is 28.8 Å². The lowest BCUT2D eigenvalue weighted by molar-refractivity contribution is -0.384. The third-order valence-corrected chi connectivity index (χ3v) is 3.09. The summed E-state index contributed by atoms with van der Waals surface area (Å²) < 4.78 is 13.4. The smallest absolute Gasteiger partial charge is 0.294 e. The van der Waals surface area contributed by atoms with E-state index in [0.717, 1.165) is 12.1 Å². The molecular formula is C12H15ClFN3O3. The molecule has 0 aliphatic rings. The van der Waals surface area contributed by atoms with Crippen molar-refractivity contribution >= 4 is 28.9 Å². The molecule has 0 aliphatic carbocycles. The van der Waals surface area contributed by atoms with Gasteiger partial charge in [-0.05, 0) is 13.8 Å². The lowest BCUT2D eigenvalue weighted by Crippen LogP contribution is -2.39. The zero-order valence-electron chi connectivity index (χ0n) is 11.3. The van der Waals surface area contributed by atoms with Gasteiger partial charge >= 0.3 is 0 Å². The van der Waals surface area contributed by atoms with Crippen molar-refractivity contribution in [2.45, 2.75) is 13.8 Å². The van der Waals surface area contributed by atoms with Crippen molar-refractivity contribution in [2.75, 3.05) is 18.9 Å². The summed E-state index contributed by atoms with van der Waals surface area (Å²) in [6.45, 7) is 3.43. The van der Waals surface area contributed by atoms with E-state index in [1.165, 1.54) is 7.05 Å². The van der Waals surface area contributed by atoms with E-state index in [4.69, 9.17) is 11.6 Å². The van der Waals surface area contributed by atoms with Gasteiger partial charge in [-0.2, -0.15) is 0 Å². The number of anilines is 1. The fourth-order valence-corrected chi connectivity index (χ4v) is 1.72. The first-order valence-corrected chi connectivity index (χ1v) is 6.16. The molecule has 6 nitrogen and oxygen atoms in total. The number of benzene rings is 1. The van der Waals surface area contributed by atoms with Crippen molar-refractivity contribution in [3.05, 3.63) is 33.1 Å². The lowest BCUT2D eigenvalue weighted by atomic mass is 9.92. The molecule has 1 rings (SSSR count). The minimum atomic E-state index is -0.807. The molecule has 0 aliphatic heterocycles. The zero-order valence-corrected chi connectivity index (χ0v) is 12.0. The van der Waals surface area contributed by atoms with E-state index in [1.54, 1.807) is 13.8 Å². The van der Waals surface area contributed by atoms with Crippen LogP contribution >= 0.6 is 11.6 Å². The predicted molar refractivity (Wildman–Crippen MR) is 74.4 cm³/mol. The molecule has 0 unspecified atom stereocenters. The Morgan fingerprint density at radius 2 is 2.10 bits per heavy atom. The maximum Gasteiger partial charge on any atom is 0.294 e. The van der Waals surface area contributed by atoms with Gasteiger partial charge in [-0.1, -0.05) is 11.6 Å². The van der Waals surface area contributed by atoms with E-state index >= 15 is 0 Å². The SMILES string of the molecule is CNC(=O)C(C)(C)CNc1cc(F)c(Cl)cc1[N+](=O)[O-]. The summed E-state index contributed by atoms with van der Waals surface area (Å²) in [5.41, 5.74) is -1.17. The van der Waals surface area contributed by atoms with E-state index in [2.05, 4.69) is 10.6 Å². The first-order valence-electron chi connectivity index (χ1n) is 5.78. The predicted octanol–water partition coefficient (Wildman–Crippen LogP) is 2.57. The molecule has 8 heteroatoms. The van der Waals surface area contributed by atoms with E-state index in [1.807, 2.05) is 0 Å². The average molecular weight is 304 g/mol. The Morgan fingerprint density at radius 3 is 2.60 bits per heavy atom. The van der Waals surface area contributed by atoms with E-state index in [0.29, 0.717) is 0 Å². The quantitative estimate of drug-likeness (QED) is 0.647. The van der Waals surface area contributed by atoms with Crippen LogP contribution in [0.25, 0.3) is 0 Å². The van der Waals surface area contributed by atoms with Gasteiger partial charge in [0.25, 0.3) is 5.69 Å². The van der Waals surface area contributed by atoms with Gasteiger partial charge < -0.3 is 10.6 Å². The second kappa shape index (κ2) is 6.04. The molecule has 0 saturated heterocycles. The van der Waals surface area contributed by atoms with Crippen LogP contribution in [-0.2, 0) is 4.79 Å². The minimum Gasteiger partial charge on any atom is -0.378 e. The first-order chi connectivity index (χ1) is 9.19. The van der Waals surface area contributed by atoms with Crippen LogP contribution in [-0.4, -0.2) is 24.4 Å². The third kappa shape index (κ3) is 3.57. The number of carbonyl (C=O) groups is 1. The summed E-state index contributed by atoms with van der Waals surface area (Å²) in [5.74, 6) is -1.00. The number of nitrogens with one attached hydrogen (secondary N) is 2. The van der Waals surface area contributed by atoms with Crippen LogP contribution in [0.3, 0.4) is 0 Å². The van der Waals surface area contributed by atoms with E-state index in [9.17, 15) is 19.3 Å². The van der Waals surface area contributed by atoms with Crippen LogP contribution < -0.4 is 10.6 Å². The highest BCUT2D eigenvalue weighted by Gasteiger charge is 2.27. The van der Waals surface area contributed by atoms with Crippen LogP contribution in [0.4, 0.5) is 15.8 Å². The molecule has 0 radical (unpaired) electrons. The third-order valence-electron chi connectivity index (χ3n) is 2.80. The average Bonchev–Trinajstić information content (AvgIpc) is 2.38. The molecule has 0 aromatic heterocycles. The van der Waals surface area contributed by atoms with Crippen LogP contribution in [0.15, 0.2) is 12.1 Å². The fraction of sp³-hybridized carbons (Fsp3) is 0.417. The maximum atomic E-state index is 13.4.